The van der Waals surface area contributed by atoms with Crippen molar-refractivity contribution in [2.45, 2.75) is 0 Å². The van der Waals surface area contributed by atoms with Crippen molar-refractivity contribution in [1.29, 1.82) is 5.26 Å². The zero-order valence-electron chi connectivity index (χ0n) is 8.55. The third kappa shape index (κ3) is 2.27. The van der Waals surface area contributed by atoms with Gasteiger partial charge in [0, 0.05) is 5.56 Å². The molecular weight excluding hydrogens is 244 g/mol. The van der Waals surface area contributed by atoms with Crippen LogP contribution >= 0.6 is 11.6 Å². The van der Waals surface area contributed by atoms with Gasteiger partial charge in [0.05, 0.1) is 16.7 Å². The molecule has 0 bridgehead atoms. The molecule has 0 unspecified atom stereocenters. The van der Waals surface area contributed by atoms with Crippen molar-refractivity contribution in [2.75, 3.05) is 0 Å². The van der Waals surface area contributed by atoms with E-state index in [-0.39, 0.29) is 16.1 Å². The number of hydrogen-bond acceptors (Lipinski definition) is 1. The van der Waals surface area contributed by atoms with Gasteiger partial charge in [0.25, 0.3) is 0 Å². The Bertz CT molecular complexity index is 617. The van der Waals surface area contributed by atoms with Crippen LogP contribution in [0, 0.1) is 23.0 Å². The first-order valence-corrected chi connectivity index (χ1v) is 5.14. The fraction of sp³-hybridized carbons (Fsp3) is 0. The second-order valence-corrected chi connectivity index (χ2v) is 3.85. The fourth-order valence-electron chi connectivity index (χ4n) is 1.54. The maximum Gasteiger partial charge on any atom is 0.149 e. The van der Waals surface area contributed by atoms with E-state index in [1.807, 2.05) is 6.07 Å². The van der Waals surface area contributed by atoms with Gasteiger partial charge >= 0.3 is 0 Å². The third-order valence-electron chi connectivity index (χ3n) is 2.29. The maximum atomic E-state index is 13.7. The highest BCUT2D eigenvalue weighted by Gasteiger charge is 2.10. The lowest BCUT2D eigenvalue weighted by Crippen LogP contribution is -1.88. The molecule has 0 spiro atoms. The number of halogens is 3. The molecule has 0 heterocycles. The van der Waals surface area contributed by atoms with Gasteiger partial charge in [0.2, 0.25) is 0 Å². The predicted molar refractivity (Wildman–Crippen MR) is 61.5 cm³/mol. The van der Waals surface area contributed by atoms with E-state index in [2.05, 4.69) is 0 Å². The zero-order valence-corrected chi connectivity index (χ0v) is 9.30. The lowest BCUT2D eigenvalue weighted by molar-refractivity contribution is 0.624. The Morgan fingerprint density at radius 1 is 1.12 bits per heavy atom. The topological polar surface area (TPSA) is 23.8 Å². The molecule has 0 aliphatic rings. The first kappa shape index (κ1) is 11.6. The van der Waals surface area contributed by atoms with Crippen molar-refractivity contribution < 1.29 is 8.78 Å². The summed E-state index contributed by atoms with van der Waals surface area (Å²) < 4.78 is 26.9. The minimum absolute atomic E-state index is 0.0368. The fourth-order valence-corrected chi connectivity index (χ4v) is 1.71. The van der Waals surface area contributed by atoms with Crippen LogP contribution in [0.2, 0.25) is 5.02 Å². The summed E-state index contributed by atoms with van der Waals surface area (Å²) in [6, 6.07) is 9.94. The van der Waals surface area contributed by atoms with Gasteiger partial charge in [0.1, 0.15) is 11.6 Å². The monoisotopic (exact) mass is 249 g/mol. The van der Waals surface area contributed by atoms with Gasteiger partial charge in [0.15, 0.2) is 0 Å². The highest BCUT2D eigenvalue weighted by molar-refractivity contribution is 6.31. The van der Waals surface area contributed by atoms with E-state index in [1.165, 1.54) is 18.2 Å². The normalized spacial score (nSPS) is 10.0. The summed E-state index contributed by atoms with van der Waals surface area (Å²) in [6.45, 7) is 0. The van der Waals surface area contributed by atoms with E-state index in [0.29, 0.717) is 5.56 Å². The first-order chi connectivity index (χ1) is 8.11. The first-order valence-electron chi connectivity index (χ1n) is 4.77. The smallest absolute Gasteiger partial charge is 0.149 e. The molecule has 2 rings (SSSR count). The summed E-state index contributed by atoms with van der Waals surface area (Å²) in [4.78, 5) is 0. The van der Waals surface area contributed by atoms with E-state index in [1.54, 1.807) is 6.07 Å². The molecule has 0 saturated carbocycles. The van der Waals surface area contributed by atoms with Crippen LogP contribution in [0.4, 0.5) is 8.78 Å². The van der Waals surface area contributed by atoms with Gasteiger partial charge in [-0.05, 0) is 29.8 Å². The molecule has 2 aromatic rings. The van der Waals surface area contributed by atoms with Gasteiger partial charge in [-0.2, -0.15) is 5.26 Å². The number of hydrogen-bond donors (Lipinski definition) is 0. The third-order valence-corrected chi connectivity index (χ3v) is 2.58. The number of nitriles is 1. The van der Waals surface area contributed by atoms with E-state index in [9.17, 15) is 8.78 Å². The Hall–Kier alpha value is -1.92. The lowest BCUT2D eigenvalue weighted by Gasteiger charge is -2.05. The largest absolute Gasteiger partial charge is 0.207 e. The molecule has 0 aliphatic heterocycles. The molecule has 84 valence electrons. The molecule has 0 aromatic heterocycles. The van der Waals surface area contributed by atoms with Gasteiger partial charge in [-0.3, -0.25) is 0 Å². The molecule has 0 fully saturated rings. The Morgan fingerprint density at radius 2 is 1.88 bits per heavy atom. The van der Waals surface area contributed by atoms with Crippen LogP contribution in [0.25, 0.3) is 11.1 Å². The Kier molecular flexibility index (Phi) is 3.08. The minimum atomic E-state index is -0.622. The van der Waals surface area contributed by atoms with Crippen LogP contribution in [-0.4, -0.2) is 0 Å². The predicted octanol–water partition coefficient (Wildman–Crippen LogP) is 4.16. The molecule has 0 saturated heterocycles. The summed E-state index contributed by atoms with van der Waals surface area (Å²) in [5, 5.41) is 8.68. The molecule has 0 atom stereocenters. The lowest BCUT2D eigenvalue weighted by atomic mass is 10.0. The highest BCUT2D eigenvalue weighted by Crippen LogP contribution is 2.28. The minimum Gasteiger partial charge on any atom is -0.207 e. The molecule has 1 nitrogen and oxygen atoms in total. The molecule has 0 amide bonds. The van der Waals surface area contributed by atoms with Gasteiger partial charge in [-0.1, -0.05) is 23.7 Å². The van der Waals surface area contributed by atoms with Crippen molar-refractivity contribution in [2.24, 2.45) is 0 Å². The van der Waals surface area contributed by atoms with E-state index >= 15 is 0 Å². The van der Waals surface area contributed by atoms with Crippen molar-refractivity contribution in [1.82, 2.24) is 0 Å². The van der Waals surface area contributed by atoms with Crippen molar-refractivity contribution in [3.8, 4) is 17.2 Å². The Morgan fingerprint density at radius 3 is 2.59 bits per heavy atom. The van der Waals surface area contributed by atoms with Gasteiger partial charge in [-0.25, -0.2) is 8.78 Å². The SMILES string of the molecule is N#Cc1cc(F)cc(-c2cccc(Cl)c2F)c1. The Labute approximate surface area is 102 Å². The molecule has 0 aliphatic carbocycles. The molecule has 17 heavy (non-hydrogen) atoms. The molecule has 0 N–H and O–H groups in total. The highest BCUT2D eigenvalue weighted by atomic mass is 35.5. The van der Waals surface area contributed by atoms with Crippen LogP contribution in [0.15, 0.2) is 36.4 Å². The number of rotatable bonds is 1. The second kappa shape index (κ2) is 4.52. The second-order valence-electron chi connectivity index (χ2n) is 3.44. The summed E-state index contributed by atoms with van der Waals surface area (Å²) in [7, 11) is 0. The van der Waals surface area contributed by atoms with Crippen LogP contribution in [-0.2, 0) is 0 Å². The number of nitrogens with zero attached hydrogens (tertiary/aromatic N) is 1. The van der Waals surface area contributed by atoms with Gasteiger partial charge < -0.3 is 0 Å². The molecule has 2 aromatic carbocycles. The van der Waals surface area contributed by atoms with Crippen LogP contribution < -0.4 is 0 Å². The standard InChI is InChI=1S/C13H6ClF2N/c14-12-3-1-2-11(13(12)16)9-4-8(7-17)5-10(15)6-9/h1-6H. The number of benzene rings is 2. The zero-order chi connectivity index (χ0) is 12.4. The maximum absolute atomic E-state index is 13.7. The quantitative estimate of drug-likeness (QED) is 0.745. The van der Waals surface area contributed by atoms with Gasteiger partial charge in [-0.15, -0.1) is 0 Å². The van der Waals surface area contributed by atoms with Crippen LogP contribution in [0.1, 0.15) is 5.56 Å². The average molecular weight is 250 g/mol. The summed E-state index contributed by atoms with van der Waals surface area (Å²) in [5.74, 6) is -1.21. The summed E-state index contributed by atoms with van der Waals surface area (Å²) >= 11 is 5.64. The molecule has 0 radical (unpaired) electrons. The molecular formula is C13H6ClF2N. The van der Waals surface area contributed by atoms with Crippen LogP contribution in [0.3, 0.4) is 0 Å². The van der Waals surface area contributed by atoms with Crippen molar-refractivity contribution in [3.63, 3.8) is 0 Å². The van der Waals surface area contributed by atoms with E-state index in [4.69, 9.17) is 16.9 Å². The average Bonchev–Trinajstić information content (AvgIpc) is 2.31. The van der Waals surface area contributed by atoms with E-state index < -0.39 is 11.6 Å². The summed E-state index contributed by atoms with van der Waals surface area (Å²) in [5.41, 5.74) is 0.606. The van der Waals surface area contributed by atoms with Crippen molar-refractivity contribution in [3.05, 3.63) is 58.6 Å². The Balaban J connectivity index is 2.65. The molecule has 4 heteroatoms. The van der Waals surface area contributed by atoms with E-state index in [0.717, 1.165) is 12.1 Å². The summed E-state index contributed by atoms with van der Waals surface area (Å²) in [6.07, 6.45) is 0. The van der Waals surface area contributed by atoms with Crippen LogP contribution in [0.5, 0.6) is 0 Å². The van der Waals surface area contributed by atoms with Crippen molar-refractivity contribution >= 4 is 11.6 Å².